The number of aryl methyl sites for hydroxylation is 1. The molecule has 1 aliphatic rings. The van der Waals surface area contributed by atoms with Gasteiger partial charge in [0.15, 0.2) is 0 Å². The molecule has 0 spiro atoms. The molecule has 0 fully saturated rings. The first-order valence-corrected chi connectivity index (χ1v) is 5.13. The minimum absolute atomic E-state index is 0.203. The molecule has 0 saturated heterocycles. The molecule has 5 nitrogen and oxygen atoms in total. The maximum absolute atomic E-state index is 11.0. The molecule has 80 valence electrons. The lowest BCUT2D eigenvalue weighted by atomic mass is 10.2. The van der Waals surface area contributed by atoms with Crippen LogP contribution in [0.2, 0.25) is 0 Å². The summed E-state index contributed by atoms with van der Waals surface area (Å²) in [6.07, 6.45) is 5.58. The lowest BCUT2D eigenvalue weighted by Gasteiger charge is -2.10. The summed E-state index contributed by atoms with van der Waals surface area (Å²) in [5.41, 5.74) is 5.59. The van der Waals surface area contributed by atoms with Crippen LogP contribution in [0.1, 0.15) is 35.4 Å². The van der Waals surface area contributed by atoms with E-state index in [1.165, 1.54) is 6.20 Å². The van der Waals surface area contributed by atoms with Crippen molar-refractivity contribution in [1.29, 1.82) is 5.41 Å². The van der Waals surface area contributed by atoms with Crippen LogP contribution in [0.15, 0.2) is 6.20 Å². The molecule has 1 aromatic rings. The summed E-state index contributed by atoms with van der Waals surface area (Å²) >= 11 is 0. The zero-order valence-corrected chi connectivity index (χ0v) is 8.49. The number of aromatic nitrogens is 2. The third kappa shape index (κ3) is 1.77. The molecule has 0 aromatic carbocycles. The van der Waals surface area contributed by atoms with Gasteiger partial charge >= 0.3 is 0 Å². The van der Waals surface area contributed by atoms with Crippen LogP contribution in [0.3, 0.4) is 0 Å². The normalized spacial score (nSPS) is 15.5. The Hall–Kier alpha value is -1.65. The van der Waals surface area contributed by atoms with Crippen molar-refractivity contribution >= 4 is 5.91 Å². The van der Waals surface area contributed by atoms with Gasteiger partial charge in [-0.3, -0.25) is 10.2 Å². The van der Waals surface area contributed by atoms with E-state index in [9.17, 15) is 4.79 Å². The van der Waals surface area contributed by atoms with E-state index in [0.29, 0.717) is 0 Å². The zero-order chi connectivity index (χ0) is 10.8. The highest BCUT2D eigenvalue weighted by molar-refractivity contribution is 5.91. The molecule has 0 atom stereocenters. The first-order chi connectivity index (χ1) is 7.20. The Bertz CT molecular complexity index is 449. The molecule has 1 aliphatic heterocycles. The van der Waals surface area contributed by atoms with Gasteiger partial charge < -0.3 is 10.3 Å². The predicted octanol–water partition coefficient (Wildman–Crippen LogP) is 0.188. The second kappa shape index (κ2) is 3.84. The van der Waals surface area contributed by atoms with E-state index in [1.807, 2.05) is 0 Å². The van der Waals surface area contributed by atoms with Crippen molar-refractivity contribution in [2.75, 3.05) is 0 Å². The quantitative estimate of drug-likeness (QED) is 0.687. The van der Waals surface area contributed by atoms with Gasteiger partial charge in [-0.15, -0.1) is 0 Å². The molecule has 0 saturated carbocycles. The number of fused-ring (bicyclic) bond motifs is 1. The summed E-state index contributed by atoms with van der Waals surface area (Å²) in [5.74, 6) is 0.314. The summed E-state index contributed by atoms with van der Waals surface area (Å²) in [6, 6.07) is 0. The number of nitrogens with zero attached hydrogens (tertiary/aromatic N) is 2. The number of carbonyl (C=O) groups excluding carboxylic acids is 1. The third-order valence-corrected chi connectivity index (χ3v) is 2.73. The maximum atomic E-state index is 11.0. The average molecular weight is 206 g/mol. The molecule has 2 rings (SSSR count). The molecule has 1 aromatic heterocycles. The molecule has 5 heteroatoms. The SMILES string of the molecule is N=c1c(C(N)=O)cnc2n1CCCCC2. The molecule has 15 heavy (non-hydrogen) atoms. The van der Waals surface area contributed by atoms with Crippen LogP contribution < -0.4 is 11.2 Å². The molecular weight excluding hydrogens is 192 g/mol. The number of hydrogen-bond acceptors (Lipinski definition) is 3. The lowest BCUT2D eigenvalue weighted by molar-refractivity contribution is 0.0997. The smallest absolute Gasteiger partial charge is 0.254 e. The van der Waals surface area contributed by atoms with Gasteiger partial charge in [-0.1, -0.05) is 6.42 Å². The first-order valence-electron chi connectivity index (χ1n) is 5.13. The Labute approximate surface area is 87.5 Å². The van der Waals surface area contributed by atoms with Gasteiger partial charge in [-0.25, -0.2) is 4.98 Å². The van der Waals surface area contributed by atoms with E-state index in [1.54, 1.807) is 4.57 Å². The Kier molecular flexibility index (Phi) is 2.53. The number of hydrogen-bond donors (Lipinski definition) is 2. The van der Waals surface area contributed by atoms with Gasteiger partial charge in [0.05, 0.1) is 5.56 Å². The fourth-order valence-electron chi connectivity index (χ4n) is 1.89. The van der Waals surface area contributed by atoms with E-state index in [2.05, 4.69) is 4.98 Å². The van der Waals surface area contributed by atoms with Crippen LogP contribution in [-0.4, -0.2) is 15.5 Å². The number of rotatable bonds is 1. The van der Waals surface area contributed by atoms with Crippen LogP contribution in [0.5, 0.6) is 0 Å². The van der Waals surface area contributed by atoms with Gasteiger partial charge in [0.2, 0.25) is 0 Å². The Morgan fingerprint density at radius 3 is 3.00 bits per heavy atom. The van der Waals surface area contributed by atoms with E-state index in [4.69, 9.17) is 11.1 Å². The highest BCUT2D eigenvalue weighted by atomic mass is 16.1. The Morgan fingerprint density at radius 2 is 2.27 bits per heavy atom. The van der Waals surface area contributed by atoms with Gasteiger partial charge in [0.1, 0.15) is 11.3 Å². The van der Waals surface area contributed by atoms with Crippen LogP contribution >= 0.6 is 0 Å². The van der Waals surface area contributed by atoms with Gasteiger partial charge in [-0.2, -0.15) is 0 Å². The standard InChI is InChI=1S/C10H14N4O/c11-9-7(10(12)15)6-13-8-4-2-1-3-5-14(8)9/h6,11H,1-5H2,(H2,12,15). The largest absolute Gasteiger partial charge is 0.365 e. The van der Waals surface area contributed by atoms with Crippen molar-refractivity contribution < 1.29 is 4.79 Å². The minimum atomic E-state index is -0.577. The van der Waals surface area contributed by atoms with Crippen molar-refractivity contribution in [2.24, 2.45) is 5.73 Å². The molecular formula is C10H14N4O. The number of carbonyl (C=O) groups is 1. The topological polar surface area (TPSA) is 84.8 Å². The third-order valence-electron chi connectivity index (χ3n) is 2.73. The number of primary amides is 1. The number of amides is 1. The maximum Gasteiger partial charge on any atom is 0.254 e. The molecule has 0 radical (unpaired) electrons. The van der Waals surface area contributed by atoms with Gasteiger partial charge in [-0.05, 0) is 12.8 Å². The van der Waals surface area contributed by atoms with Crippen molar-refractivity contribution in [3.8, 4) is 0 Å². The fourth-order valence-corrected chi connectivity index (χ4v) is 1.89. The van der Waals surface area contributed by atoms with Crippen LogP contribution in [-0.2, 0) is 13.0 Å². The number of nitrogens with two attached hydrogens (primary N) is 1. The Morgan fingerprint density at radius 1 is 1.47 bits per heavy atom. The molecule has 2 heterocycles. The van der Waals surface area contributed by atoms with Gasteiger partial charge in [0.25, 0.3) is 5.91 Å². The van der Waals surface area contributed by atoms with Crippen molar-refractivity contribution in [3.05, 3.63) is 23.1 Å². The fraction of sp³-hybridized carbons (Fsp3) is 0.500. The van der Waals surface area contributed by atoms with Gasteiger partial charge in [0, 0.05) is 19.2 Å². The number of nitrogens with one attached hydrogen (secondary N) is 1. The second-order valence-electron chi connectivity index (χ2n) is 3.76. The van der Waals surface area contributed by atoms with Crippen molar-refractivity contribution in [1.82, 2.24) is 9.55 Å². The molecule has 0 unspecified atom stereocenters. The van der Waals surface area contributed by atoms with Crippen molar-refractivity contribution in [2.45, 2.75) is 32.2 Å². The Balaban J connectivity index is 2.56. The van der Waals surface area contributed by atoms with E-state index < -0.39 is 5.91 Å². The average Bonchev–Trinajstić information content (AvgIpc) is 2.43. The summed E-state index contributed by atoms with van der Waals surface area (Å²) < 4.78 is 1.80. The zero-order valence-electron chi connectivity index (χ0n) is 8.49. The van der Waals surface area contributed by atoms with Crippen molar-refractivity contribution in [3.63, 3.8) is 0 Å². The molecule has 3 N–H and O–H groups in total. The second-order valence-corrected chi connectivity index (χ2v) is 3.76. The lowest BCUT2D eigenvalue weighted by Crippen LogP contribution is -2.32. The van der Waals surface area contributed by atoms with E-state index in [-0.39, 0.29) is 11.1 Å². The molecule has 0 aliphatic carbocycles. The summed E-state index contributed by atoms with van der Waals surface area (Å²) in [7, 11) is 0. The minimum Gasteiger partial charge on any atom is -0.365 e. The summed E-state index contributed by atoms with van der Waals surface area (Å²) in [4.78, 5) is 15.2. The summed E-state index contributed by atoms with van der Waals surface area (Å²) in [5, 5.41) is 7.87. The molecule has 1 amide bonds. The monoisotopic (exact) mass is 206 g/mol. The summed E-state index contributed by atoms with van der Waals surface area (Å²) in [6.45, 7) is 0.766. The van der Waals surface area contributed by atoms with E-state index >= 15 is 0 Å². The molecule has 0 bridgehead atoms. The first kappa shape index (κ1) is 9.89. The van der Waals surface area contributed by atoms with Crippen LogP contribution in [0, 0.1) is 5.41 Å². The van der Waals surface area contributed by atoms with Crippen LogP contribution in [0.4, 0.5) is 0 Å². The van der Waals surface area contributed by atoms with E-state index in [0.717, 1.165) is 38.1 Å². The van der Waals surface area contributed by atoms with Crippen LogP contribution in [0.25, 0.3) is 0 Å². The highest BCUT2D eigenvalue weighted by Crippen LogP contribution is 2.10. The predicted molar refractivity (Wildman–Crippen MR) is 54.2 cm³/mol. The highest BCUT2D eigenvalue weighted by Gasteiger charge is 2.13.